The van der Waals surface area contributed by atoms with Crippen LogP contribution in [0.15, 0.2) is 18.2 Å². The van der Waals surface area contributed by atoms with Crippen LogP contribution in [0, 0.1) is 5.41 Å². The van der Waals surface area contributed by atoms with Crippen LogP contribution in [0.3, 0.4) is 0 Å². The molecule has 0 heterocycles. The number of aryl methyl sites for hydroxylation is 1. The maximum Gasteiger partial charge on any atom is 0.137 e. The number of hydrogen-bond donors (Lipinski definition) is 1. The lowest BCUT2D eigenvalue weighted by Gasteiger charge is -2.25. The molecule has 19 heavy (non-hydrogen) atoms. The van der Waals surface area contributed by atoms with Gasteiger partial charge < -0.3 is 10.1 Å². The van der Waals surface area contributed by atoms with E-state index < -0.39 is 0 Å². The van der Waals surface area contributed by atoms with Gasteiger partial charge in [0, 0.05) is 6.54 Å². The maximum absolute atomic E-state index is 6.14. The lowest BCUT2D eigenvalue weighted by atomic mass is 9.86. The monoisotopic (exact) mass is 283 g/mol. The normalized spacial score (nSPS) is 11.6. The van der Waals surface area contributed by atoms with Crippen LogP contribution in [0.5, 0.6) is 5.75 Å². The lowest BCUT2D eigenvalue weighted by Crippen LogP contribution is -2.30. The van der Waals surface area contributed by atoms with Gasteiger partial charge in [-0.3, -0.25) is 0 Å². The van der Waals surface area contributed by atoms with Crippen molar-refractivity contribution < 1.29 is 4.74 Å². The molecule has 1 aromatic rings. The summed E-state index contributed by atoms with van der Waals surface area (Å²) in [4.78, 5) is 0. The quantitative estimate of drug-likeness (QED) is 0.718. The van der Waals surface area contributed by atoms with Crippen LogP contribution in [0.25, 0.3) is 0 Å². The van der Waals surface area contributed by atoms with Crippen molar-refractivity contribution in [3.8, 4) is 5.75 Å². The summed E-state index contributed by atoms with van der Waals surface area (Å²) in [6, 6.07) is 6.05. The first-order chi connectivity index (χ1) is 8.98. The first kappa shape index (κ1) is 16.3. The number of rotatable bonds is 8. The van der Waals surface area contributed by atoms with Gasteiger partial charge in [-0.2, -0.15) is 0 Å². The minimum absolute atomic E-state index is 0.307. The van der Waals surface area contributed by atoms with Crippen molar-refractivity contribution in [2.45, 2.75) is 40.0 Å². The topological polar surface area (TPSA) is 21.3 Å². The Morgan fingerprint density at radius 3 is 2.63 bits per heavy atom. The number of methoxy groups -OCH3 is 1. The fourth-order valence-corrected chi connectivity index (χ4v) is 2.32. The average molecular weight is 284 g/mol. The Hall–Kier alpha value is -0.730. The summed E-state index contributed by atoms with van der Waals surface area (Å²) in [6.07, 6.45) is 3.38. The number of benzene rings is 1. The molecule has 2 nitrogen and oxygen atoms in total. The van der Waals surface area contributed by atoms with E-state index in [0.29, 0.717) is 10.4 Å². The highest BCUT2D eigenvalue weighted by molar-refractivity contribution is 6.32. The summed E-state index contributed by atoms with van der Waals surface area (Å²) in [5, 5.41) is 4.19. The van der Waals surface area contributed by atoms with Crippen molar-refractivity contribution in [1.82, 2.24) is 5.32 Å². The number of ether oxygens (including phenoxy) is 1. The van der Waals surface area contributed by atoms with Gasteiger partial charge in [0.05, 0.1) is 12.1 Å². The van der Waals surface area contributed by atoms with E-state index in [4.69, 9.17) is 16.3 Å². The van der Waals surface area contributed by atoms with Crippen LogP contribution < -0.4 is 10.1 Å². The van der Waals surface area contributed by atoms with E-state index >= 15 is 0 Å². The molecule has 1 rings (SSSR count). The summed E-state index contributed by atoms with van der Waals surface area (Å²) in [5.74, 6) is 0.745. The third-order valence-electron chi connectivity index (χ3n) is 3.34. The highest BCUT2D eigenvalue weighted by Gasteiger charge is 2.17. The average Bonchev–Trinajstić information content (AvgIpc) is 2.37. The number of nitrogens with one attached hydrogen (secondary N) is 1. The zero-order valence-corrected chi connectivity index (χ0v) is 13.3. The summed E-state index contributed by atoms with van der Waals surface area (Å²) >= 11 is 6.14. The van der Waals surface area contributed by atoms with Gasteiger partial charge in [0.2, 0.25) is 0 Å². The van der Waals surface area contributed by atoms with E-state index in [9.17, 15) is 0 Å². The molecule has 0 unspecified atom stereocenters. The molecule has 0 bridgehead atoms. The van der Waals surface area contributed by atoms with Crippen molar-refractivity contribution >= 4 is 11.6 Å². The lowest BCUT2D eigenvalue weighted by molar-refractivity contribution is 0.315. The van der Waals surface area contributed by atoms with E-state index in [-0.39, 0.29) is 0 Å². The maximum atomic E-state index is 6.14. The van der Waals surface area contributed by atoms with Gasteiger partial charge in [0.15, 0.2) is 0 Å². The predicted molar refractivity (Wildman–Crippen MR) is 83.3 cm³/mol. The van der Waals surface area contributed by atoms with Gasteiger partial charge in [0.1, 0.15) is 5.75 Å². The van der Waals surface area contributed by atoms with Crippen molar-refractivity contribution in [2.24, 2.45) is 5.41 Å². The zero-order chi connectivity index (χ0) is 14.3. The van der Waals surface area contributed by atoms with Gasteiger partial charge in [-0.15, -0.1) is 0 Å². The van der Waals surface area contributed by atoms with Gasteiger partial charge in [0.25, 0.3) is 0 Å². The van der Waals surface area contributed by atoms with Crippen LogP contribution >= 0.6 is 11.6 Å². The van der Waals surface area contributed by atoms with Crippen LogP contribution in [0.2, 0.25) is 5.02 Å². The Balaban J connectivity index is 2.49. The number of halogens is 1. The highest BCUT2D eigenvalue weighted by atomic mass is 35.5. The third kappa shape index (κ3) is 5.84. The molecule has 0 spiro atoms. The van der Waals surface area contributed by atoms with Crippen molar-refractivity contribution in [2.75, 3.05) is 20.2 Å². The highest BCUT2D eigenvalue weighted by Crippen LogP contribution is 2.27. The standard InChI is InChI=1S/C16H26ClNO/c1-5-10-18-12-16(2,3)9-8-13-6-7-15(19-4)14(17)11-13/h6-7,11,18H,5,8-10,12H2,1-4H3. The van der Waals surface area contributed by atoms with Gasteiger partial charge in [-0.05, 0) is 48.9 Å². The Kier molecular flexibility index (Phi) is 6.67. The van der Waals surface area contributed by atoms with Gasteiger partial charge >= 0.3 is 0 Å². The van der Waals surface area contributed by atoms with E-state index in [2.05, 4.69) is 32.2 Å². The Morgan fingerprint density at radius 1 is 1.32 bits per heavy atom. The second-order valence-corrected chi connectivity index (χ2v) is 6.22. The smallest absolute Gasteiger partial charge is 0.137 e. The molecule has 1 aromatic carbocycles. The second kappa shape index (κ2) is 7.76. The molecule has 0 fully saturated rings. The summed E-state index contributed by atoms with van der Waals surface area (Å²) < 4.78 is 5.17. The van der Waals surface area contributed by atoms with Gasteiger partial charge in [-0.1, -0.05) is 38.4 Å². The van der Waals surface area contributed by atoms with Crippen molar-refractivity contribution in [3.63, 3.8) is 0 Å². The Morgan fingerprint density at radius 2 is 2.05 bits per heavy atom. The first-order valence-corrected chi connectivity index (χ1v) is 7.39. The summed E-state index contributed by atoms with van der Waals surface area (Å²) in [5.41, 5.74) is 1.58. The van der Waals surface area contributed by atoms with Gasteiger partial charge in [-0.25, -0.2) is 0 Å². The molecule has 108 valence electrons. The minimum atomic E-state index is 0.307. The third-order valence-corrected chi connectivity index (χ3v) is 3.63. The molecule has 0 saturated carbocycles. The largest absolute Gasteiger partial charge is 0.495 e. The molecule has 3 heteroatoms. The SMILES string of the molecule is CCCNCC(C)(C)CCc1ccc(OC)c(Cl)c1. The molecule has 1 N–H and O–H groups in total. The van der Waals surface area contributed by atoms with Crippen LogP contribution in [0.4, 0.5) is 0 Å². The fraction of sp³-hybridized carbons (Fsp3) is 0.625. The fourth-order valence-electron chi connectivity index (χ4n) is 2.04. The molecular weight excluding hydrogens is 258 g/mol. The molecule has 0 aliphatic carbocycles. The molecule has 0 radical (unpaired) electrons. The molecule has 0 saturated heterocycles. The van der Waals surface area contributed by atoms with Crippen molar-refractivity contribution in [3.05, 3.63) is 28.8 Å². The van der Waals surface area contributed by atoms with E-state index in [1.165, 1.54) is 12.0 Å². The molecule has 0 aromatic heterocycles. The second-order valence-electron chi connectivity index (χ2n) is 5.81. The predicted octanol–water partition coefficient (Wildman–Crippen LogP) is 4.31. The van der Waals surface area contributed by atoms with E-state index in [1.54, 1.807) is 7.11 Å². The Labute approximate surface area is 122 Å². The molecule has 0 aliphatic rings. The summed E-state index contributed by atoms with van der Waals surface area (Å²) in [6.45, 7) is 8.96. The molecule has 0 amide bonds. The molecular formula is C16H26ClNO. The minimum Gasteiger partial charge on any atom is -0.495 e. The summed E-state index contributed by atoms with van der Waals surface area (Å²) in [7, 11) is 1.64. The first-order valence-electron chi connectivity index (χ1n) is 7.01. The van der Waals surface area contributed by atoms with Crippen LogP contribution in [-0.2, 0) is 6.42 Å². The van der Waals surface area contributed by atoms with E-state index in [0.717, 1.165) is 31.7 Å². The molecule has 0 atom stereocenters. The van der Waals surface area contributed by atoms with Crippen LogP contribution in [-0.4, -0.2) is 20.2 Å². The van der Waals surface area contributed by atoms with Crippen molar-refractivity contribution in [1.29, 1.82) is 0 Å². The van der Waals surface area contributed by atoms with Crippen LogP contribution in [0.1, 0.15) is 39.2 Å². The zero-order valence-electron chi connectivity index (χ0n) is 12.6. The Bertz CT molecular complexity index is 390. The number of hydrogen-bond acceptors (Lipinski definition) is 2. The van der Waals surface area contributed by atoms with E-state index in [1.807, 2.05) is 12.1 Å². The molecule has 0 aliphatic heterocycles.